The number of amides is 4. The Hall–Kier alpha value is -3.04. The monoisotopic (exact) mass is 503 g/mol. The van der Waals surface area contributed by atoms with Crippen LogP contribution in [-0.2, 0) is 19.1 Å². The van der Waals surface area contributed by atoms with Crippen LogP contribution in [0.3, 0.4) is 0 Å². The maximum Gasteiger partial charge on any atom is 0.407 e. The van der Waals surface area contributed by atoms with Crippen LogP contribution in [0.15, 0.2) is 0 Å². The number of hydrogen-bond acceptors (Lipinski definition) is 6. The van der Waals surface area contributed by atoms with Crippen LogP contribution >= 0.6 is 0 Å². The van der Waals surface area contributed by atoms with Gasteiger partial charge in [0, 0.05) is 18.5 Å². The summed E-state index contributed by atoms with van der Waals surface area (Å²) in [6, 6.07) is -2.12. The Morgan fingerprint density at radius 2 is 1.86 bits per heavy atom. The van der Waals surface area contributed by atoms with E-state index in [-0.39, 0.29) is 18.4 Å². The van der Waals surface area contributed by atoms with Crippen LogP contribution in [0, 0.1) is 28.6 Å². The number of methoxy groups -OCH3 is 1. The minimum atomic E-state index is -4.66. The number of nitrogens with one attached hydrogen (secondary N) is 3. The SMILES string of the molecule is COC(=O)NC(C(=O)N1C[C@H](C(F)(F)F)C[C@H]1C(=O)N[C@H](C#N)C[C@@H]1CC(C)NC1=O)C(C)(C)C. The predicted molar refractivity (Wildman–Crippen MR) is 116 cm³/mol. The van der Waals surface area contributed by atoms with Crippen molar-refractivity contribution in [2.75, 3.05) is 13.7 Å². The summed E-state index contributed by atoms with van der Waals surface area (Å²) in [6.07, 6.45) is -5.83. The molecule has 6 atom stereocenters. The Morgan fingerprint density at radius 3 is 2.31 bits per heavy atom. The van der Waals surface area contributed by atoms with E-state index in [0.717, 1.165) is 12.0 Å². The van der Waals surface area contributed by atoms with Gasteiger partial charge in [0.05, 0.1) is 19.1 Å². The second-order valence-electron chi connectivity index (χ2n) is 10.2. The van der Waals surface area contributed by atoms with Crippen LogP contribution < -0.4 is 16.0 Å². The number of nitriles is 1. The molecule has 0 aliphatic carbocycles. The Labute approximate surface area is 201 Å². The van der Waals surface area contributed by atoms with Crippen molar-refractivity contribution in [3.63, 3.8) is 0 Å². The summed E-state index contributed by atoms with van der Waals surface area (Å²) in [4.78, 5) is 51.0. The van der Waals surface area contributed by atoms with E-state index < -0.39 is 72.4 Å². The molecule has 0 aromatic rings. The molecule has 0 bridgehead atoms. The van der Waals surface area contributed by atoms with E-state index >= 15 is 0 Å². The van der Waals surface area contributed by atoms with Crippen molar-refractivity contribution in [3.8, 4) is 6.07 Å². The van der Waals surface area contributed by atoms with E-state index in [1.54, 1.807) is 27.7 Å². The molecule has 2 aliphatic rings. The van der Waals surface area contributed by atoms with E-state index in [1.165, 1.54) is 0 Å². The van der Waals surface area contributed by atoms with Crippen LogP contribution in [0.2, 0.25) is 0 Å². The standard InChI is InChI=1S/C22H32F3N5O5/c1-11-6-12(17(31)27-11)7-14(9-26)28-18(32)15-8-13(22(23,24)25)10-30(15)19(33)16(21(2,3)4)29-20(34)35-5/h11-16H,6-8,10H2,1-5H3,(H,27,31)(H,28,32)(H,29,34)/t11?,12-,13+,14-,15-,16?/m0/s1. The maximum atomic E-state index is 13.6. The third kappa shape index (κ3) is 6.99. The number of halogens is 3. The molecule has 35 heavy (non-hydrogen) atoms. The van der Waals surface area contributed by atoms with Crippen LogP contribution in [0.4, 0.5) is 18.0 Å². The van der Waals surface area contributed by atoms with Crippen molar-refractivity contribution >= 4 is 23.8 Å². The Morgan fingerprint density at radius 1 is 1.23 bits per heavy atom. The van der Waals surface area contributed by atoms with Gasteiger partial charge in [0.25, 0.3) is 0 Å². The van der Waals surface area contributed by atoms with Gasteiger partial charge < -0.3 is 25.6 Å². The Bertz CT molecular complexity index is 882. The number of alkyl halides is 3. The first-order chi connectivity index (χ1) is 16.1. The summed E-state index contributed by atoms with van der Waals surface area (Å²) in [5, 5.41) is 16.9. The third-order valence-corrected chi connectivity index (χ3v) is 6.30. The molecule has 2 aliphatic heterocycles. The van der Waals surface area contributed by atoms with Gasteiger partial charge in [-0.1, -0.05) is 20.8 Å². The predicted octanol–water partition coefficient (Wildman–Crippen LogP) is 1.46. The van der Waals surface area contributed by atoms with E-state index in [2.05, 4.69) is 20.7 Å². The molecule has 2 saturated heterocycles. The van der Waals surface area contributed by atoms with Crippen molar-refractivity contribution in [2.24, 2.45) is 17.3 Å². The lowest BCUT2D eigenvalue weighted by Crippen LogP contribution is -2.58. The molecule has 0 radical (unpaired) electrons. The number of rotatable bonds is 6. The third-order valence-electron chi connectivity index (χ3n) is 6.30. The molecule has 2 fully saturated rings. The highest BCUT2D eigenvalue weighted by Gasteiger charge is 2.53. The number of hydrogen-bond donors (Lipinski definition) is 3. The summed E-state index contributed by atoms with van der Waals surface area (Å²) >= 11 is 0. The Balaban J connectivity index is 2.26. The molecule has 13 heteroatoms. The van der Waals surface area contributed by atoms with Gasteiger partial charge in [-0.3, -0.25) is 14.4 Å². The van der Waals surface area contributed by atoms with Gasteiger partial charge in [-0.2, -0.15) is 18.4 Å². The number of likely N-dealkylation sites (tertiary alicyclic amines) is 1. The first-order valence-corrected chi connectivity index (χ1v) is 11.3. The normalized spacial score (nSPS) is 26.4. The van der Waals surface area contributed by atoms with Crippen LogP contribution in [0.25, 0.3) is 0 Å². The van der Waals surface area contributed by atoms with Crippen molar-refractivity contribution in [1.82, 2.24) is 20.9 Å². The minimum Gasteiger partial charge on any atom is -0.453 e. The van der Waals surface area contributed by atoms with Gasteiger partial charge in [0.15, 0.2) is 0 Å². The average Bonchev–Trinajstić information content (AvgIpc) is 3.33. The summed E-state index contributed by atoms with van der Waals surface area (Å²) in [5.41, 5.74) is -0.912. The highest BCUT2D eigenvalue weighted by Crippen LogP contribution is 2.38. The van der Waals surface area contributed by atoms with Crippen LogP contribution in [0.1, 0.15) is 47.0 Å². The number of ether oxygens (including phenoxy) is 1. The average molecular weight is 504 g/mol. The summed E-state index contributed by atoms with van der Waals surface area (Å²) in [6.45, 7) is 5.85. The molecule has 0 spiro atoms. The first kappa shape index (κ1) is 28.2. The fourth-order valence-corrected chi connectivity index (χ4v) is 4.41. The van der Waals surface area contributed by atoms with Gasteiger partial charge in [0.2, 0.25) is 17.7 Å². The molecule has 3 N–H and O–H groups in total. The molecular formula is C22H32F3N5O5. The van der Waals surface area contributed by atoms with Crippen LogP contribution in [-0.4, -0.2) is 72.7 Å². The minimum absolute atomic E-state index is 0.00368. The lowest BCUT2D eigenvalue weighted by molar-refractivity contribution is -0.171. The molecule has 2 rings (SSSR count). The molecular weight excluding hydrogens is 471 g/mol. The number of alkyl carbamates (subject to hydrolysis) is 1. The second-order valence-corrected chi connectivity index (χ2v) is 10.2. The van der Waals surface area contributed by atoms with Crippen LogP contribution in [0.5, 0.6) is 0 Å². The summed E-state index contributed by atoms with van der Waals surface area (Å²) in [5.74, 6) is -4.53. The molecule has 2 unspecified atom stereocenters. The van der Waals surface area contributed by atoms with Crippen molar-refractivity contribution in [3.05, 3.63) is 0 Å². The largest absolute Gasteiger partial charge is 0.453 e. The summed E-state index contributed by atoms with van der Waals surface area (Å²) < 4.78 is 45.2. The van der Waals surface area contributed by atoms with Gasteiger partial charge in [0.1, 0.15) is 18.1 Å². The molecule has 10 nitrogen and oxygen atoms in total. The number of nitrogens with zero attached hydrogens (tertiary/aromatic N) is 2. The molecule has 4 amide bonds. The van der Waals surface area contributed by atoms with E-state index in [9.17, 15) is 37.6 Å². The smallest absolute Gasteiger partial charge is 0.407 e. The lowest BCUT2D eigenvalue weighted by Gasteiger charge is -2.35. The van der Waals surface area contributed by atoms with Crippen molar-refractivity contribution in [2.45, 2.75) is 77.3 Å². The number of carbonyl (C=O) groups is 4. The lowest BCUT2D eigenvalue weighted by atomic mass is 9.85. The quantitative estimate of drug-likeness (QED) is 0.501. The first-order valence-electron chi connectivity index (χ1n) is 11.3. The Kier molecular flexibility index (Phi) is 8.62. The van der Waals surface area contributed by atoms with Crippen molar-refractivity contribution in [1.29, 1.82) is 5.26 Å². The highest BCUT2D eigenvalue weighted by atomic mass is 19.4. The molecule has 0 saturated carbocycles. The molecule has 0 aromatic carbocycles. The molecule has 0 aromatic heterocycles. The zero-order chi connectivity index (χ0) is 26.7. The van der Waals surface area contributed by atoms with E-state index in [4.69, 9.17) is 0 Å². The molecule has 2 heterocycles. The second kappa shape index (κ2) is 10.7. The topological polar surface area (TPSA) is 141 Å². The maximum absolute atomic E-state index is 13.6. The van der Waals surface area contributed by atoms with Gasteiger partial charge in [-0.25, -0.2) is 4.79 Å². The van der Waals surface area contributed by atoms with Gasteiger partial charge >= 0.3 is 12.3 Å². The zero-order valence-corrected chi connectivity index (χ0v) is 20.4. The van der Waals surface area contributed by atoms with E-state index in [1.807, 2.05) is 6.07 Å². The van der Waals surface area contributed by atoms with Gasteiger partial charge in [-0.15, -0.1) is 0 Å². The van der Waals surface area contributed by atoms with Crippen molar-refractivity contribution < 1.29 is 37.1 Å². The number of carbonyl (C=O) groups excluding carboxylic acids is 4. The summed E-state index contributed by atoms with van der Waals surface area (Å²) in [7, 11) is 1.08. The fourth-order valence-electron chi connectivity index (χ4n) is 4.41. The molecule has 196 valence electrons. The van der Waals surface area contributed by atoms with Gasteiger partial charge in [-0.05, 0) is 31.6 Å². The highest BCUT2D eigenvalue weighted by molar-refractivity contribution is 5.92. The van der Waals surface area contributed by atoms with E-state index in [0.29, 0.717) is 6.42 Å². The zero-order valence-electron chi connectivity index (χ0n) is 20.4. The fraction of sp³-hybridized carbons (Fsp3) is 0.773.